The van der Waals surface area contributed by atoms with Crippen LogP contribution in [0.1, 0.15) is 74.1 Å². The molecule has 0 bridgehead atoms. The van der Waals surface area contributed by atoms with Crippen LogP contribution >= 0.6 is 0 Å². The Balaban J connectivity index is 1.49. The van der Waals surface area contributed by atoms with Gasteiger partial charge in [0.05, 0.1) is 23.8 Å². The van der Waals surface area contributed by atoms with Crippen LogP contribution in [0.25, 0.3) is 0 Å². The topological polar surface area (TPSA) is 80.3 Å². The van der Waals surface area contributed by atoms with E-state index in [0.29, 0.717) is 30.6 Å². The largest absolute Gasteiger partial charge is 0.449 e. The van der Waals surface area contributed by atoms with E-state index in [4.69, 9.17) is 23.4 Å². The molecule has 1 heterocycles. The van der Waals surface area contributed by atoms with Gasteiger partial charge in [-0.2, -0.15) is 0 Å². The fourth-order valence-corrected chi connectivity index (χ4v) is 11.0. The molecule has 7 nitrogen and oxygen atoms in total. The van der Waals surface area contributed by atoms with E-state index < -0.39 is 44.9 Å². The lowest BCUT2D eigenvalue weighted by Crippen LogP contribution is -2.67. The number of carbonyl (C=O) groups excluding carboxylic acids is 2. The van der Waals surface area contributed by atoms with Gasteiger partial charge in [0.2, 0.25) is 6.29 Å². The lowest BCUT2D eigenvalue weighted by Gasteiger charge is -2.43. The molecule has 1 saturated heterocycles. The van der Waals surface area contributed by atoms with Crippen molar-refractivity contribution in [2.75, 3.05) is 13.2 Å². The molecule has 0 amide bonds. The van der Waals surface area contributed by atoms with E-state index in [2.05, 4.69) is 76.2 Å². The van der Waals surface area contributed by atoms with Gasteiger partial charge in [0.15, 0.2) is 6.10 Å². The first kappa shape index (κ1) is 36.2. The van der Waals surface area contributed by atoms with Crippen LogP contribution in [-0.4, -0.2) is 58.1 Å². The first-order valence-corrected chi connectivity index (χ1v) is 19.2. The van der Waals surface area contributed by atoms with Crippen molar-refractivity contribution < 1.29 is 33.0 Å². The smallest absolute Gasteiger partial charge is 0.340 e. The molecule has 258 valence electrons. The molecule has 8 heteroatoms. The van der Waals surface area contributed by atoms with Crippen molar-refractivity contribution in [1.82, 2.24) is 0 Å². The Morgan fingerprint density at radius 3 is 1.69 bits per heavy atom. The summed E-state index contributed by atoms with van der Waals surface area (Å²) in [4.78, 5) is 27.0. The zero-order chi connectivity index (χ0) is 34.7. The number of esters is 2. The SMILES string of the molecule is CCCCO[C@@H]1CC[C@@H](CO[Si](c2ccccc2)(c2ccccc2)C(C)(C)C)OC(OC(=O)c2ccccc2)[C@@H]1OC(=O)c1ccccc1. The molecule has 0 spiro atoms. The second kappa shape index (κ2) is 17.0. The van der Waals surface area contributed by atoms with Gasteiger partial charge in [0.25, 0.3) is 8.32 Å². The number of carbonyl (C=O) groups is 2. The van der Waals surface area contributed by atoms with Gasteiger partial charge < -0.3 is 23.4 Å². The van der Waals surface area contributed by atoms with Crippen molar-refractivity contribution in [3.8, 4) is 0 Å². The molecule has 0 aromatic heterocycles. The van der Waals surface area contributed by atoms with E-state index in [0.717, 1.165) is 23.2 Å². The zero-order valence-electron chi connectivity index (χ0n) is 29.0. The van der Waals surface area contributed by atoms with Gasteiger partial charge in [-0.25, -0.2) is 9.59 Å². The maximum absolute atomic E-state index is 13.5. The average molecular weight is 681 g/mol. The van der Waals surface area contributed by atoms with Crippen molar-refractivity contribution in [2.45, 2.75) is 83.0 Å². The summed E-state index contributed by atoms with van der Waals surface area (Å²) in [5.41, 5.74) is 0.755. The summed E-state index contributed by atoms with van der Waals surface area (Å²) in [5.74, 6) is -1.12. The van der Waals surface area contributed by atoms with Crippen LogP contribution in [0, 0.1) is 0 Å². The lowest BCUT2D eigenvalue weighted by atomic mass is 10.1. The van der Waals surface area contributed by atoms with Crippen LogP contribution in [0.3, 0.4) is 0 Å². The minimum absolute atomic E-state index is 0.237. The van der Waals surface area contributed by atoms with Crippen molar-refractivity contribution in [3.05, 3.63) is 132 Å². The van der Waals surface area contributed by atoms with Crippen LogP contribution in [0.15, 0.2) is 121 Å². The second-order valence-corrected chi connectivity index (χ2v) is 17.8. The molecule has 1 aliphatic heterocycles. The number of rotatable bonds is 13. The Morgan fingerprint density at radius 2 is 1.20 bits per heavy atom. The predicted molar refractivity (Wildman–Crippen MR) is 194 cm³/mol. The van der Waals surface area contributed by atoms with Gasteiger partial charge in [-0.3, -0.25) is 0 Å². The molecule has 0 N–H and O–H groups in total. The molecular weight excluding hydrogens is 633 g/mol. The highest BCUT2D eigenvalue weighted by Crippen LogP contribution is 2.37. The molecule has 49 heavy (non-hydrogen) atoms. The minimum Gasteiger partial charge on any atom is -0.449 e. The standard InChI is InChI=1S/C41H48O7Si/c1-5-6-29-44-36-28-27-33(30-45-49(41(2,3)4,34-23-15-9-16-24-34)35-25-17-10-18-26-35)46-40(48-39(43)32-21-13-8-14-22-32)37(36)47-38(42)31-19-11-7-12-20-31/h7-26,33,36-37,40H,5-6,27-30H2,1-4H3/t33-,36+,37+,40?/m0/s1. The van der Waals surface area contributed by atoms with Gasteiger partial charge in [-0.15, -0.1) is 0 Å². The molecule has 0 aliphatic carbocycles. The highest BCUT2D eigenvalue weighted by atomic mass is 28.4. The number of unbranched alkanes of at least 4 members (excludes halogenated alkanes) is 1. The fourth-order valence-electron chi connectivity index (χ4n) is 6.42. The lowest BCUT2D eigenvalue weighted by molar-refractivity contribution is -0.206. The van der Waals surface area contributed by atoms with E-state index in [9.17, 15) is 9.59 Å². The fraction of sp³-hybridized carbons (Fsp3) is 0.366. The third-order valence-electron chi connectivity index (χ3n) is 8.95. The molecule has 1 aliphatic rings. The summed E-state index contributed by atoms with van der Waals surface area (Å²) in [5, 5.41) is 2.08. The normalized spacial score (nSPS) is 19.8. The molecule has 4 aromatic carbocycles. The summed E-state index contributed by atoms with van der Waals surface area (Å²) < 4.78 is 32.5. The van der Waals surface area contributed by atoms with Gasteiger partial charge in [-0.05, 0) is 58.9 Å². The van der Waals surface area contributed by atoms with Crippen molar-refractivity contribution in [2.24, 2.45) is 0 Å². The Hall–Kier alpha value is -4.08. The van der Waals surface area contributed by atoms with Crippen LogP contribution < -0.4 is 10.4 Å². The van der Waals surface area contributed by atoms with E-state index in [1.807, 2.05) is 24.3 Å². The van der Waals surface area contributed by atoms with Crippen LogP contribution in [-0.2, 0) is 23.4 Å². The van der Waals surface area contributed by atoms with E-state index in [1.54, 1.807) is 48.5 Å². The van der Waals surface area contributed by atoms with Crippen LogP contribution in [0.4, 0.5) is 0 Å². The van der Waals surface area contributed by atoms with Gasteiger partial charge in [-0.1, -0.05) is 131 Å². The highest BCUT2D eigenvalue weighted by molar-refractivity contribution is 6.99. The summed E-state index contributed by atoms with van der Waals surface area (Å²) >= 11 is 0. The first-order chi connectivity index (χ1) is 23.7. The van der Waals surface area contributed by atoms with Crippen molar-refractivity contribution in [3.63, 3.8) is 0 Å². The Bertz CT molecular complexity index is 1550. The number of ether oxygens (including phenoxy) is 4. The predicted octanol–water partition coefficient (Wildman–Crippen LogP) is 7.34. The maximum Gasteiger partial charge on any atom is 0.340 e. The minimum atomic E-state index is -2.89. The van der Waals surface area contributed by atoms with E-state index >= 15 is 0 Å². The average Bonchev–Trinajstić information content (AvgIpc) is 3.28. The van der Waals surface area contributed by atoms with Crippen LogP contribution in [0.5, 0.6) is 0 Å². The molecule has 0 saturated carbocycles. The maximum atomic E-state index is 13.5. The third kappa shape index (κ3) is 8.94. The Labute approximate surface area is 291 Å². The quantitative estimate of drug-likeness (QED) is 0.0831. The van der Waals surface area contributed by atoms with E-state index in [1.165, 1.54) is 0 Å². The molecule has 1 fully saturated rings. The van der Waals surface area contributed by atoms with Crippen molar-refractivity contribution in [1.29, 1.82) is 0 Å². The van der Waals surface area contributed by atoms with Gasteiger partial charge >= 0.3 is 11.9 Å². The van der Waals surface area contributed by atoms with E-state index in [-0.39, 0.29) is 11.6 Å². The Morgan fingerprint density at radius 1 is 0.714 bits per heavy atom. The molecule has 0 radical (unpaired) electrons. The molecular formula is C41H48O7Si. The summed E-state index contributed by atoms with van der Waals surface area (Å²) in [7, 11) is -2.89. The first-order valence-electron chi connectivity index (χ1n) is 17.3. The number of benzene rings is 4. The highest BCUT2D eigenvalue weighted by Gasteiger charge is 2.51. The summed E-state index contributed by atoms with van der Waals surface area (Å²) in [6, 6.07) is 38.4. The molecule has 4 aromatic rings. The van der Waals surface area contributed by atoms with Crippen LogP contribution in [0.2, 0.25) is 5.04 Å². The monoisotopic (exact) mass is 680 g/mol. The number of hydrogen-bond donors (Lipinski definition) is 0. The number of hydrogen-bond acceptors (Lipinski definition) is 7. The summed E-state index contributed by atoms with van der Waals surface area (Å²) in [6.07, 6.45) is -0.431. The Kier molecular flexibility index (Phi) is 12.6. The molecule has 1 unspecified atom stereocenters. The molecule has 4 atom stereocenters. The summed E-state index contributed by atoms with van der Waals surface area (Å²) in [6.45, 7) is 9.50. The molecule has 5 rings (SSSR count). The van der Waals surface area contributed by atoms with Gasteiger partial charge in [0.1, 0.15) is 6.10 Å². The van der Waals surface area contributed by atoms with Crippen molar-refractivity contribution >= 4 is 30.6 Å². The van der Waals surface area contributed by atoms with Gasteiger partial charge in [0, 0.05) is 6.61 Å². The third-order valence-corrected chi connectivity index (χ3v) is 14.0. The second-order valence-electron chi connectivity index (χ2n) is 13.4. The zero-order valence-corrected chi connectivity index (χ0v) is 30.0.